The first kappa shape index (κ1) is 13.1. The standard InChI is InChI=1S/C15H20N4/c16-12-6-4-10(8-14(12)18)2-1-3-11-5-7-13(17)15(19)9-11/h4-9H,1-3,16-19H2. The first-order valence-corrected chi connectivity index (χ1v) is 6.34. The lowest BCUT2D eigenvalue weighted by atomic mass is 10.0. The third-order valence-electron chi connectivity index (χ3n) is 3.23. The first-order valence-electron chi connectivity index (χ1n) is 6.34. The Labute approximate surface area is 113 Å². The molecule has 2 rings (SSSR count). The molecule has 8 N–H and O–H groups in total. The van der Waals surface area contributed by atoms with Crippen LogP contribution in [0.3, 0.4) is 0 Å². The van der Waals surface area contributed by atoms with E-state index in [0.29, 0.717) is 22.7 Å². The highest BCUT2D eigenvalue weighted by Gasteiger charge is 2.00. The monoisotopic (exact) mass is 256 g/mol. The summed E-state index contributed by atoms with van der Waals surface area (Å²) in [6.07, 6.45) is 2.97. The summed E-state index contributed by atoms with van der Waals surface area (Å²) < 4.78 is 0. The van der Waals surface area contributed by atoms with Gasteiger partial charge in [0.15, 0.2) is 0 Å². The van der Waals surface area contributed by atoms with E-state index in [1.54, 1.807) is 0 Å². The predicted octanol–water partition coefficient (Wildman–Crippen LogP) is 2.19. The zero-order valence-electron chi connectivity index (χ0n) is 10.9. The van der Waals surface area contributed by atoms with Crippen molar-refractivity contribution in [1.82, 2.24) is 0 Å². The van der Waals surface area contributed by atoms with Crippen LogP contribution in [0.4, 0.5) is 22.7 Å². The van der Waals surface area contributed by atoms with E-state index in [0.717, 1.165) is 19.3 Å². The smallest absolute Gasteiger partial charge is 0.0550 e. The average molecular weight is 256 g/mol. The molecule has 4 heteroatoms. The molecule has 100 valence electrons. The molecule has 0 aliphatic heterocycles. The van der Waals surface area contributed by atoms with Crippen LogP contribution in [0.15, 0.2) is 36.4 Å². The topological polar surface area (TPSA) is 104 Å². The van der Waals surface area contributed by atoms with Crippen molar-refractivity contribution in [1.29, 1.82) is 0 Å². The third kappa shape index (κ3) is 3.31. The van der Waals surface area contributed by atoms with Gasteiger partial charge in [0.25, 0.3) is 0 Å². The molecule has 0 spiro atoms. The molecule has 0 radical (unpaired) electrons. The molecule has 0 fully saturated rings. The van der Waals surface area contributed by atoms with Gasteiger partial charge in [-0.25, -0.2) is 0 Å². The lowest BCUT2D eigenvalue weighted by Gasteiger charge is -2.07. The number of anilines is 4. The number of hydrogen-bond acceptors (Lipinski definition) is 4. The van der Waals surface area contributed by atoms with Crippen LogP contribution in [-0.4, -0.2) is 0 Å². The molecule has 0 bridgehead atoms. The SMILES string of the molecule is Nc1ccc(CCCc2ccc(N)c(N)c2)cc1N. The normalized spacial score (nSPS) is 10.5. The Kier molecular flexibility index (Phi) is 3.80. The fourth-order valence-electron chi connectivity index (χ4n) is 2.06. The maximum atomic E-state index is 5.78. The van der Waals surface area contributed by atoms with Gasteiger partial charge in [-0.1, -0.05) is 12.1 Å². The van der Waals surface area contributed by atoms with Crippen molar-refractivity contribution in [2.75, 3.05) is 22.9 Å². The van der Waals surface area contributed by atoms with E-state index in [-0.39, 0.29) is 0 Å². The highest BCUT2D eigenvalue weighted by atomic mass is 14.7. The Balaban J connectivity index is 1.92. The van der Waals surface area contributed by atoms with E-state index in [4.69, 9.17) is 22.9 Å². The number of nitrogens with two attached hydrogens (primary N) is 4. The molecule has 0 saturated carbocycles. The highest BCUT2D eigenvalue weighted by molar-refractivity contribution is 5.64. The van der Waals surface area contributed by atoms with E-state index in [1.807, 2.05) is 36.4 Å². The molecule has 4 nitrogen and oxygen atoms in total. The van der Waals surface area contributed by atoms with Gasteiger partial charge in [0.05, 0.1) is 22.7 Å². The molecule has 0 aliphatic rings. The zero-order chi connectivity index (χ0) is 13.8. The zero-order valence-corrected chi connectivity index (χ0v) is 10.9. The van der Waals surface area contributed by atoms with Gasteiger partial charge >= 0.3 is 0 Å². The first-order chi connectivity index (χ1) is 9.06. The Morgan fingerprint density at radius 3 is 1.37 bits per heavy atom. The summed E-state index contributed by atoms with van der Waals surface area (Å²) in [6.45, 7) is 0. The summed E-state index contributed by atoms with van der Waals surface area (Å²) in [5.41, 5.74) is 27.9. The summed E-state index contributed by atoms with van der Waals surface area (Å²) >= 11 is 0. The predicted molar refractivity (Wildman–Crippen MR) is 82.6 cm³/mol. The van der Waals surface area contributed by atoms with Crippen LogP contribution in [0.25, 0.3) is 0 Å². The molecule has 0 aliphatic carbocycles. The highest BCUT2D eigenvalue weighted by Crippen LogP contribution is 2.19. The van der Waals surface area contributed by atoms with Crippen LogP contribution < -0.4 is 22.9 Å². The van der Waals surface area contributed by atoms with Gasteiger partial charge < -0.3 is 22.9 Å². The second-order valence-corrected chi connectivity index (χ2v) is 4.78. The average Bonchev–Trinajstić information content (AvgIpc) is 2.38. The van der Waals surface area contributed by atoms with Crippen LogP contribution >= 0.6 is 0 Å². The van der Waals surface area contributed by atoms with Gasteiger partial charge in [-0.2, -0.15) is 0 Å². The minimum Gasteiger partial charge on any atom is -0.397 e. The minimum absolute atomic E-state index is 0.634. The Morgan fingerprint density at radius 1 is 0.579 bits per heavy atom. The second kappa shape index (κ2) is 5.52. The molecule has 0 saturated heterocycles. The maximum Gasteiger partial charge on any atom is 0.0550 e. The molecule has 0 atom stereocenters. The summed E-state index contributed by atoms with van der Waals surface area (Å²) in [6, 6.07) is 11.6. The molecule has 0 unspecified atom stereocenters. The van der Waals surface area contributed by atoms with Gasteiger partial charge in [0.1, 0.15) is 0 Å². The van der Waals surface area contributed by atoms with Crippen LogP contribution in [0.1, 0.15) is 17.5 Å². The number of hydrogen-bond donors (Lipinski definition) is 4. The van der Waals surface area contributed by atoms with Crippen molar-refractivity contribution in [2.45, 2.75) is 19.3 Å². The summed E-state index contributed by atoms with van der Waals surface area (Å²) in [7, 11) is 0. The van der Waals surface area contributed by atoms with Gasteiger partial charge in [0, 0.05) is 0 Å². The Morgan fingerprint density at radius 2 is 1.00 bits per heavy atom. The second-order valence-electron chi connectivity index (χ2n) is 4.78. The largest absolute Gasteiger partial charge is 0.397 e. The van der Waals surface area contributed by atoms with Crippen molar-refractivity contribution >= 4 is 22.7 Å². The molecule has 0 aromatic heterocycles. The molecule has 0 heterocycles. The molecular formula is C15H20N4. The van der Waals surface area contributed by atoms with Gasteiger partial charge in [-0.05, 0) is 54.7 Å². The van der Waals surface area contributed by atoms with Gasteiger partial charge in [-0.15, -0.1) is 0 Å². The summed E-state index contributed by atoms with van der Waals surface area (Å²) in [5.74, 6) is 0. The molecule has 0 amide bonds. The lowest BCUT2D eigenvalue weighted by molar-refractivity contribution is 0.821. The van der Waals surface area contributed by atoms with Crippen molar-refractivity contribution in [3.05, 3.63) is 47.5 Å². The fourth-order valence-corrected chi connectivity index (χ4v) is 2.06. The summed E-state index contributed by atoms with van der Waals surface area (Å²) in [4.78, 5) is 0. The number of aryl methyl sites for hydroxylation is 2. The van der Waals surface area contributed by atoms with Crippen molar-refractivity contribution in [2.24, 2.45) is 0 Å². The molecular weight excluding hydrogens is 236 g/mol. The van der Waals surface area contributed by atoms with Crippen LogP contribution in [0.5, 0.6) is 0 Å². The van der Waals surface area contributed by atoms with E-state index in [9.17, 15) is 0 Å². The van der Waals surface area contributed by atoms with E-state index >= 15 is 0 Å². The van der Waals surface area contributed by atoms with Crippen molar-refractivity contribution in [3.63, 3.8) is 0 Å². The van der Waals surface area contributed by atoms with E-state index in [1.165, 1.54) is 11.1 Å². The molecule has 2 aromatic rings. The van der Waals surface area contributed by atoms with Crippen molar-refractivity contribution < 1.29 is 0 Å². The third-order valence-corrected chi connectivity index (χ3v) is 3.23. The number of nitrogen functional groups attached to an aromatic ring is 4. The molecule has 2 aromatic carbocycles. The summed E-state index contributed by atoms with van der Waals surface area (Å²) in [5, 5.41) is 0. The van der Waals surface area contributed by atoms with Crippen LogP contribution in [0, 0.1) is 0 Å². The lowest BCUT2D eigenvalue weighted by Crippen LogP contribution is -1.98. The Hall–Kier alpha value is -2.36. The number of rotatable bonds is 4. The fraction of sp³-hybridized carbons (Fsp3) is 0.200. The van der Waals surface area contributed by atoms with Gasteiger partial charge in [0.2, 0.25) is 0 Å². The van der Waals surface area contributed by atoms with E-state index in [2.05, 4.69) is 0 Å². The Bertz CT molecular complexity index is 527. The minimum atomic E-state index is 0.634. The van der Waals surface area contributed by atoms with E-state index < -0.39 is 0 Å². The number of benzene rings is 2. The molecule has 19 heavy (non-hydrogen) atoms. The van der Waals surface area contributed by atoms with Crippen molar-refractivity contribution in [3.8, 4) is 0 Å². The van der Waals surface area contributed by atoms with Gasteiger partial charge in [-0.3, -0.25) is 0 Å². The quantitative estimate of drug-likeness (QED) is 0.629. The van der Waals surface area contributed by atoms with Crippen LogP contribution in [0.2, 0.25) is 0 Å². The van der Waals surface area contributed by atoms with Crippen LogP contribution in [-0.2, 0) is 12.8 Å². The maximum absolute atomic E-state index is 5.78.